The van der Waals surface area contributed by atoms with Crippen LogP contribution >= 0.6 is 0 Å². The van der Waals surface area contributed by atoms with Crippen molar-refractivity contribution in [3.8, 4) is 0 Å². The van der Waals surface area contributed by atoms with Crippen molar-refractivity contribution in [1.82, 2.24) is 0 Å². The Kier molecular flexibility index (Phi) is 4.58. The van der Waals surface area contributed by atoms with Gasteiger partial charge in [0.15, 0.2) is 0 Å². The van der Waals surface area contributed by atoms with Crippen LogP contribution in [-0.4, -0.2) is 37.1 Å². The molecule has 1 aromatic rings. The number of halogens is 1. The zero-order chi connectivity index (χ0) is 16.4. The molecule has 1 aromatic carbocycles. The first-order valence-electron chi connectivity index (χ1n) is 7.85. The first-order chi connectivity index (χ1) is 11.1. The number of nitrogens with zero attached hydrogens (tertiary/aromatic N) is 1. The highest BCUT2D eigenvalue weighted by Crippen LogP contribution is 2.27. The number of nitrogens with one attached hydrogen (secondary N) is 1. The summed E-state index contributed by atoms with van der Waals surface area (Å²) in [5, 5.41) is 2.65. The molecule has 2 aliphatic heterocycles. The number of ether oxygens (including phenoxy) is 1. The van der Waals surface area contributed by atoms with Gasteiger partial charge in [0.2, 0.25) is 5.91 Å². The van der Waals surface area contributed by atoms with Crippen LogP contribution in [0.4, 0.5) is 15.8 Å². The topological polar surface area (TPSA) is 84.7 Å². The molecule has 23 heavy (non-hydrogen) atoms. The first kappa shape index (κ1) is 15.9. The molecule has 0 spiro atoms. The summed E-state index contributed by atoms with van der Waals surface area (Å²) in [5.41, 5.74) is 6.12. The van der Waals surface area contributed by atoms with Gasteiger partial charge in [-0.15, -0.1) is 0 Å². The van der Waals surface area contributed by atoms with E-state index in [9.17, 15) is 14.0 Å². The molecule has 124 valence electrons. The Morgan fingerprint density at radius 1 is 1.43 bits per heavy atom. The monoisotopic (exact) mass is 321 g/mol. The molecule has 6 nitrogen and oxygen atoms in total. The van der Waals surface area contributed by atoms with E-state index in [-0.39, 0.29) is 23.6 Å². The molecule has 0 aromatic heterocycles. The van der Waals surface area contributed by atoms with Crippen molar-refractivity contribution < 1.29 is 18.7 Å². The SMILES string of the molecule is NC[C@H]1CC[C@@H](C(=O)Nc2ccc(N3CCCC3=O)c(F)c2)O1. The summed E-state index contributed by atoms with van der Waals surface area (Å²) < 4.78 is 19.7. The quantitative estimate of drug-likeness (QED) is 0.878. The highest BCUT2D eigenvalue weighted by atomic mass is 19.1. The van der Waals surface area contributed by atoms with E-state index in [1.54, 1.807) is 6.07 Å². The van der Waals surface area contributed by atoms with E-state index in [1.807, 2.05) is 0 Å². The zero-order valence-electron chi connectivity index (χ0n) is 12.8. The molecule has 0 unspecified atom stereocenters. The molecule has 2 atom stereocenters. The summed E-state index contributed by atoms with van der Waals surface area (Å²) in [6.07, 6.45) is 1.89. The van der Waals surface area contributed by atoms with Gasteiger partial charge in [-0.1, -0.05) is 0 Å². The number of carbonyl (C=O) groups is 2. The van der Waals surface area contributed by atoms with Gasteiger partial charge in [0, 0.05) is 25.2 Å². The zero-order valence-corrected chi connectivity index (χ0v) is 12.8. The third kappa shape index (κ3) is 3.35. The maximum atomic E-state index is 14.2. The molecule has 2 heterocycles. The van der Waals surface area contributed by atoms with Crippen molar-refractivity contribution in [2.24, 2.45) is 5.73 Å². The summed E-state index contributed by atoms with van der Waals surface area (Å²) in [5.74, 6) is -0.900. The second kappa shape index (κ2) is 6.64. The van der Waals surface area contributed by atoms with E-state index < -0.39 is 11.9 Å². The lowest BCUT2D eigenvalue weighted by molar-refractivity contribution is -0.126. The predicted octanol–water partition coefficient (Wildman–Crippen LogP) is 1.40. The van der Waals surface area contributed by atoms with Crippen LogP contribution in [0.15, 0.2) is 18.2 Å². The van der Waals surface area contributed by atoms with Crippen molar-refractivity contribution in [2.75, 3.05) is 23.3 Å². The highest BCUT2D eigenvalue weighted by molar-refractivity contribution is 5.97. The number of carbonyl (C=O) groups excluding carboxylic acids is 2. The van der Waals surface area contributed by atoms with Crippen LogP contribution in [0.1, 0.15) is 25.7 Å². The van der Waals surface area contributed by atoms with Crippen molar-refractivity contribution >= 4 is 23.2 Å². The fraction of sp³-hybridized carbons (Fsp3) is 0.500. The molecule has 2 saturated heterocycles. The third-order valence-electron chi connectivity index (χ3n) is 4.24. The van der Waals surface area contributed by atoms with Crippen LogP contribution in [0.25, 0.3) is 0 Å². The summed E-state index contributed by atoms with van der Waals surface area (Å²) >= 11 is 0. The molecule has 0 aliphatic carbocycles. The van der Waals surface area contributed by atoms with Crippen molar-refractivity contribution in [3.05, 3.63) is 24.0 Å². The van der Waals surface area contributed by atoms with Gasteiger partial charge in [-0.05, 0) is 37.5 Å². The Labute approximate surface area is 133 Å². The molecule has 2 aliphatic rings. The summed E-state index contributed by atoms with van der Waals surface area (Å²) in [7, 11) is 0. The molecule has 0 saturated carbocycles. The maximum Gasteiger partial charge on any atom is 0.253 e. The Balaban J connectivity index is 1.66. The van der Waals surface area contributed by atoms with Crippen LogP contribution in [0.5, 0.6) is 0 Å². The first-order valence-corrected chi connectivity index (χ1v) is 7.85. The van der Waals surface area contributed by atoms with Gasteiger partial charge >= 0.3 is 0 Å². The van der Waals surface area contributed by atoms with Gasteiger partial charge in [0.25, 0.3) is 5.91 Å². The average molecular weight is 321 g/mol. The predicted molar refractivity (Wildman–Crippen MR) is 83.6 cm³/mol. The summed E-state index contributed by atoms with van der Waals surface area (Å²) in [6, 6.07) is 4.35. The standard InChI is InChI=1S/C16H20FN3O3/c17-12-8-10(3-5-13(12)20-7-1-2-15(20)21)19-16(22)14-6-4-11(9-18)23-14/h3,5,8,11,14H,1-2,4,6-7,9,18H2,(H,19,22)/t11-,14+/m1/s1. The van der Waals surface area contributed by atoms with E-state index >= 15 is 0 Å². The van der Waals surface area contributed by atoms with Gasteiger partial charge in [-0.2, -0.15) is 0 Å². The van der Waals surface area contributed by atoms with E-state index in [4.69, 9.17) is 10.5 Å². The lowest BCUT2D eigenvalue weighted by atomic mass is 10.2. The van der Waals surface area contributed by atoms with Crippen LogP contribution in [0, 0.1) is 5.82 Å². The molecule has 0 radical (unpaired) electrons. The number of amides is 2. The fourth-order valence-corrected chi connectivity index (χ4v) is 3.00. The van der Waals surface area contributed by atoms with E-state index in [0.717, 1.165) is 12.8 Å². The number of anilines is 2. The molecular formula is C16H20FN3O3. The smallest absolute Gasteiger partial charge is 0.253 e. The molecule has 7 heteroatoms. The minimum Gasteiger partial charge on any atom is -0.364 e. The van der Waals surface area contributed by atoms with Crippen LogP contribution in [-0.2, 0) is 14.3 Å². The summed E-state index contributed by atoms with van der Waals surface area (Å²) in [4.78, 5) is 25.2. The normalized spacial score (nSPS) is 24.3. The van der Waals surface area contributed by atoms with Crippen molar-refractivity contribution in [1.29, 1.82) is 0 Å². The minimum atomic E-state index is -0.550. The Hall–Kier alpha value is -1.99. The number of hydrogen-bond acceptors (Lipinski definition) is 4. The van der Waals surface area contributed by atoms with Crippen LogP contribution in [0.3, 0.4) is 0 Å². The number of rotatable bonds is 4. The fourth-order valence-electron chi connectivity index (χ4n) is 3.00. The molecular weight excluding hydrogens is 301 g/mol. The number of hydrogen-bond donors (Lipinski definition) is 2. The van der Waals surface area contributed by atoms with Gasteiger partial charge in [0.1, 0.15) is 11.9 Å². The lowest BCUT2D eigenvalue weighted by Crippen LogP contribution is -2.30. The molecule has 2 amide bonds. The van der Waals surface area contributed by atoms with Crippen molar-refractivity contribution in [3.63, 3.8) is 0 Å². The molecule has 3 rings (SSSR count). The highest BCUT2D eigenvalue weighted by Gasteiger charge is 2.30. The maximum absolute atomic E-state index is 14.2. The van der Waals surface area contributed by atoms with Crippen LogP contribution in [0.2, 0.25) is 0 Å². The van der Waals surface area contributed by atoms with Gasteiger partial charge in [-0.25, -0.2) is 4.39 Å². The van der Waals surface area contributed by atoms with E-state index in [0.29, 0.717) is 31.6 Å². The average Bonchev–Trinajstić information content (AvgIpc) is 3.16. The van der Waals surface area contributed by atoms with Gasteiger partial charge < -0.3 is 20.7 Å². The molecule has 2 fully saturated rings. The van der Waals surface area contributed by atoms with Crippen LogP contribution < -0.4 is 16.0 Å². The second-order valence-electron chi connectivity index (χ2n) is 5.86. The third-order valence-corrected chi connectivity index (χ3v) is 4.24. The second-order valence-corrected chi connectivity index (χ2v) is 5.86. The minimum absolute atomic E-state index is 0.0760. The van der Waals surface area contributed by atoms with Crippen molar-refractivity contribution in [2.45, 2.75) is 37.9 Å². The Morgan fingerprint density at radius 2 is 2.26 bits per heavy atom. The largest absolute Gasteiger partial charge is 0.364 e. The Morgan fingerprint density at radius 3 is 2.87 bits per heavy atom. The molecule has 3 N–H and O–H groups in total. The number of benzene rings is 1. The molecule has 0 bridgehead atoms. The number of nitrogens with two attached hydrogens (primary N) is 1. The lowest BCUT2D eigenvalue weighted by Gasteiger charge is -2.18. The Bertz CT molecular complexity index is 623. The van der Waals surface area contributed by atoms with E-state index in [2.05, 4.69) is 5.32 Å². The van der Waals surface area contributed by atoms with Gasteiger partial charge in [0.05, 0.1) is 11.8 Å². The summed E-state index contributed by atoms with van der Waals surface area (Å²) in [6.45, 7) is 0.912. The van der Waals surface area contributed by atoms with Gasteiger partial charge in [-0.3, -0.25) is 9.59 Å². The van der Waals surface area contributed by atoms with E-state index in [1.165, 1.54) is 17.0 Å².